The predicted octanol–water partition coefficient (Wildman–Crippen LogP) is 10.3. The first kappa shape index (κ1) is 22.6. The number of benzene rings is 6. The maximum atomic E-state index is 2.40. The third-order valence-corrected chi connectivity index (χ3v) is 8.04. The zero-order valence-corrected chi connectivity index (χ0v) is 21.7. The fourth-order valence-corrected chi connectivity index (χ4v) is 6.15. The molecule has 0 radical (unpaired) electrons. The maximum absolute atomic E-state index is 2.40. The first-order valence-corrected chi connectivity index (χ1v) is 13.3. The summed E-state index contributed by atoms with van der Waals surface area (Å²) < 4.78 is 0. The van der Waals surface area contributed by atoms with E-state index < -0.39 is 0 Å². The van der Waals surface area contributed by atoms with Crippen molar-refractivity contribution in [3.63, 3.8) is 0 Å². The first-order chi connectivity index (χ1) is 18.6. The molecule has 7 rings (SSSR count). The average molecular weight is 488 g/mol. The van der Waals surface area contributed by atoms with Crippen LogP contribution in [0.2, 0.25) is 0 Å². The lowest BCUT2D eigenvalue weighted by molar-refractivity contribution is 0.660. The van der Waals surface area contributed by atoms with Crippen LogP contribution in [0.1, 0.15) is 25.0 Å². The van der Waals surface area contributed by atoms with Crippen molar-refractivity contribution in [2.75, 3.05) is 4.90 Å². The zero-order valence-electron chi connectivity index (χ0n) is 21.7. The van der Waals surface area contributed by atoms with Gasteiger partial charge in [0.25, 0.3) is 0 Å². The molecule has 1 aliphatic rings. The van der Waals surface area contributed by atoms with Crippen LogP contribution in [0.25, 0.3) is 33.0 Å². The number of hydrogen-bond donors (Lipinski definition) is 0. The molecule has 0 atom stereocenters. The van der Waals surface area contributed by atoms with Crippen LogP contribution >= 0.6 is 0 Å². The molecule has 0 bridgehead atoms. The Morgan fingerprint density at radius 1 is 0.447 bits per heavy atom. The van der Waals surface area contributed by atoms with Crippen molar-refractivity contribution >= 4 is 27.8 Å². The first-order valence-electron chi connectivity index (χ1n) is 13.3. The molecule has 0 N–H and O–H groups in total. The van der Waals surface area contributed by atoms with E-state index in [1.165, 1.54) is 49.8 Å². The lowest BCUT2D eigenvalue weighted by Crippen LogP contribution is -2.16. The molecule has 0 heterocycles. The van der Waals surface area contributed by atoms with Gasteiger partial charge in [-0.2, -0.15) is 0 Å². The number of hydrogen-bond acceptors (Lipinski definition) is 1. The van der Waals surface area contributed by atoms with E-state index in [1.54, 1.807) is 0 Å². The average Bonchev–Trinajstić information content (AvgIpc) is 3.20. The van der Waals surface area contributed by atoms with Crippen LogP contribution in [-0.4, -0.2) is 0 Å². The Bertz CT molecular complexity index is 1790. The highest BCUT2D eigenvalue weighted by Crippen LogP contribution is 2.50. The van der Waals surface area contributed by atoms with Crippen LogP contribution in [0.4, 0.5) is 17.1 Å². The Morgan fingerprint density at radius 2 is 1.08 bits per heavy atom. The minimum absolute atomic E-state index is 0.0465. The van der Waals surface area contributed by atoms with Gasteiger partial charge in [0.15, 0.2) is 0 Å². The lowest BCUT2D eigenvalue weighted by atomic mass is 9.82. The van der Waals surface area contributed by atoms with Crippen molar-refractivity contribution in [1.29, 1.82) is 0 Å². The Labute approximate surface area is 224 Å². The molecule has 0 saturated carbocycles. The molecule has 38 heavy (non-hydrogen) atoms. The minimum atomic E-state index is -0.0465. The molecule has 0 aromatic heterocycles. The third kappa shape index (κ3) is 3.55. The fourth-order valence-electron chi connectivity index (χ4n) is 6.15. The van der Waals surface area contributed by atoms with E-state index in [-0.39, 0.29) is 5.41 Å². The second-order valence-electron chi connectivity index (χ2n) is 10.6. The zero-order chi connectivity index (χ0) is 25.7. The van der Waals surface area contributed by atoms with Gasteiger partial charge < -0.3 is 4.90 Å². The molecular formula is C37H29N. The molecule has 1 nitrogen and oxygen atoms in total. The van der Waals surface area contributed by atoms with E-state index >= 15 is 0 Å². The summed E-state index contributed by atoms with van der Waals surface area (Å²) in [7, 11) is 0. The highest BCUT2D eigenvalue weighted by molar-refractivity contribution is 5.97. The van der Waals surface area contributed by atoms with Gasteiger partial charge in [-0.15, -0.1) is 0 Å². The van der Waals surface area contributed by atoms with E-state index in [0.717, 1.165) is 11.4 Å². The standard InChI is InChI=1S/C37H29N/c1-37(2)35-21-9-8-19-33(35)34-23-22-30(25-36(34)37)38(28-15-4-3-5-16-28)29-17-10-14-27(24-29)32-20-11-13-26-12-6-7-18-31(26)32/h3-25H,1-2H3. The van der Waals surface area contributed by atoms with E-state index in [9.17, 15) is 0 Å². The summed E-state index contributed by atoms with van der Waals surface area (Å²) in [4.78, 5) is 2.38. The molecule has 6 aromatic carbocycles. The maximum Gasteiger partial charge on any atom is 0.0467 e. The Hall–Kier alpha value is -4.62. The van der Waals surface area contributed by atoms with Gasteiger partial charge in [0, 0.05) is 22.5 Å². The Morgan fingerprint density at radius 3 is 1.97 bits per heavy atom. The second kappa shape index (κ2) is 8.75. The molecule has 182 valence electrons. The summed E-state index contributed by atoms with van der Waals surface area (Å²) in [6, 6.07) is 50.6. The molecule has 0 aliphatic heterocycles. The molecule has 0 fully saturated rings. The molecule has 6 aromatic rings. The van der Waals surface area contributed by atoms with Crippen LogP contribution in [0.15, 0.2) is 140 Å². The largest absolute Gasteiger partial charge is 0.310 e. The van der Waals surface area contributed by atoms with Crippen molar-refractivity contribution in [1.82, 2.24) is 0 Å². The summed E-state index contributed by atoms with van der Waals surface area (Å²) in [6.45, 7) is 4.69. The van der Waals surface area contributed by atoms with Gasteiger partial charge in [0.2, 0.25) is 0 Å². The minimum Gasteiger partial charge on any atom is -0.310 e. The highest BCUT2D eigenvalue weighted by atomic mass is 15.1. The molecule has 1 aliphatic carbocycles. The number of para-hydroxylation sites is 1. The number of anilines is 3. The van der Waals surface area contributed by atoms with Crippen LogP contribution in [0, 0.1) is 0 Å². The van der Waals surface area contributed by atoms with Gasteiger partial charge in [0.1, 0.15) is 0 Å². The van der Waals surface area contributed by atoms with Crippen LogP contribution in [0.3, 0.4) is 0 Å². The summed E-state index contributed by atoms with van der Waals surface area (Å²) >= 11 is 0. The quantitative estimate of drug-likeness (QED) is 0.239. The normalized spacial score (nSPS) is 13.2. The molecule has 0 amide bonds. The van der Waals surface area contributed by atoms with E-state index in [4.69, 9.17) is 0 Å². The van der Waals surface area contributed by atoms with E-state index in [2.05, 4.69) is 158 Å². The van der Waals surface area contributed by atoms with E-state index in [1.807, 2.05) is 0 Å². The molecule has 1 heteroatoms. The predicted molar refractivity (Wildman–Crippen MR) is 162 cm³/mol. The fraction of sp³-hybridized carbons (Fsp3) is 0.0811. The molecule has 0 saturated heterocycles. The van der Waals surface area contributed by atoms with Crippen molar-refractivity contribution in [3.05, 3.63) is 151 Å². The van der Waals surface area contributed by atoms with E-state index in [0.29, 0.717) is 0 Å². The molecule has 0 unspecified atom stereocenters. The monoisotopic (exact) mass is 487 g/mol. The Kier molecular flexibility index (Phi) is 5.19. The van der Waals surface area contributed by atoms with Crippen molar-refractivity contribution in [3.8, 4) is 22.3 Å². The molecule has 0 spiro atoms. The van der Waals surface area contributed by atoms with Crippen molar-refractivity contribution < 1.29 is 0 Å². The number of nitrogens with zero attached hydrogens (tertiary/aromatic N) is 1. The topological polar surface area (TPSA) is 3.24 Å². The van der Waals surface area contributed by atoms with Gasteiger partial charge in [0.05, 0.1) is 0 Å². The van der Waals surface area contributed by atoms with Gasteiger partial charge in [-0.3, -0.25) is 0 Å². The lowest BCUT2D eigenvalue weighted by Gasteiger charge is -2.28. The summed E-state index contributed by atoms with van der Waals surface area (Å²) in [5.74, 6) is 0. The van der Waals surface area contributed by atoms with Gasteiger partial charge in [-0.25, -0.2) is 0 Å². The summed E-state index contributed by atoms with van der Waals surface area (Å²) in [6.07, 6.45) is 0. The second-order valence-corrected chi connectivity index (χ2v) is 10.6. The van der Waals surface area contributed by atoms with Crippen LogP contribution in [0.5, 0.6) is 0 Å². The SMILES string of the molecule is CC1(C)c2ccccc2-c2ccc(N(c3ccccc3)c3cccc(-c4cccc5ccccc45)c3)cc21. The Balaban J connectivity index is 1.40. The van der Waals surface area contributed by atoms with Crippen molar-refractivity contribution in [2.24, 2.45) is 0 Å². The highest BCUT2D eigenvalue weighted by Gasteiger charge is 2.35. The molecular weight excluding hydrogens is 458 g/mol. The van der Waals surface area contributed by atoms with Crippen LogP contribution < -0.4 is 4.90 Å². The van der Waals surface area contributed by atoms with Gasteiger partial charge >= 0.3 is 0 Å². The number of fused-ring (bicyclic) bond motifs is 4. The smallest absolute Gasteiger partial charge is 0.0467 e. The van der Waals surface area contributed by atoms with Gasteiger partial charge in [-0.1, -0.05) is 117 Å². The van der Waals surface area contributed by atoms with Crippen LogP contribution in [-0.2, 0) is 5.41 Å². The summed E-state index contributed by atoms with van der Waals surface area (Å²) in [5.41, 5.74) is 11.4. The summed E-state index contributed by atoms with van der Waals surface area (Å²) in [5, 5.41) is 2.53. The van der Waals surface area contributed by atoms with Gasteiger partial charge in [-0.05, 0) is 80.6 Å². The number of rotatable bonds is 4. The third-order valence-electron chi connectivity index (χ3n) is 8.04. The van der Waals surface area contributed by atoms with Crippen molar-refractivity contribution in [2.45, 2.75) is 19.3 Å².